The first kappa shape index (κ1) is 16.9. The molecule has 128 valence electrons. The maximum absolute atomic E-state index is 12.8. The molecule has 0 saturated heterocycles. The zero-order chi connectivity index (χ0) is 18.2. The highest BCUT2D eigenvalue weighted by molar-refractivity contribution is 6.05. The highest BCUT2D eigenvalue weighted by atomic mass is 19.4. The zero-order valence-electron chi connectivity index (χ0n) is 13.5. The monoisotopic (exact) mass is 345 g/mol. The first-order valence-corrected chi connectivity index (χ1v) is 7.47. The van der Waals surface area contributed by atoms with Crippen molar-refractivity contribution in [1.82, 2.24) is 9.97 Å². The van der Waals surface area contributed by atoms with Gasteiger partial charge in [0.05, 0.1) is 28.0 Å². The largest absolute Gasteiger partial charge is 0.416 e. The molecule has 1 N–H and O–H groups in total. The van der Waals surface area contributed by atoms with Gasteiger partial charge in [-0.3, -0.25) is 4.79 Å². The molecular weight excluding hydrogens is 331 g/mol. The van der Waals surface area contributed by atoms with E-state index in [1.165, 1.54) is 12.1 Å². The fraction of sp³-hybridized carbons (Fsp3) is 0.167. The summed E-state index contributed by atoms with van der Waals surface area (Å²) in [5, 5.41) is 2.59. The standard InChI is InChI=1S/C18H14F3N3O/c1-10-11(2)23-16-9-14(6-7-15(16)22-10)24-17(25)12-4-3-5-13(8-12)18(19,20)21/h3-9H,1-2H3,(H,24,25). The normalized spacial score (nSPS) is 11.6. The molecule has 0 fully saturated rings. The molecule has 0 aliphatic rings. The summed E-state index contributed by atoms with van der Waals surface area (Å²) in [4.78, 5) is 21.0. The minimum absolute atomic E-state index is 0.0684. The van der Waals surface area contributed by atoms with Crippen molar-refractivity contribution in [1.29, 1.82) is 0 Å². The topological polar surface area (TPSA) is 54.9 Å². The lowest BCUT2D eigenvalue weighted by atomic mass is 10.1. The third-order valence-electron chi connectivity index (χ3n) is 3.79. The Hall–Kier alpha value is -2.96. The zero-order valence-corrected chi connectivity index (χ0v) is 13.5. The van der Waals surface area contributed by atoms with Crippen LogP contribution in [0.4, 0.5) is 18.9 Å². The van der Waals surface area contributed by atoms with Gasteiger partial charge in [0.2, 0.25) is 0 Å². The van der Waals surface area contributed by atoms with E-state index in [2.05, 4.69) is 15.3 Å². The summed E-state index contributed by atoms with van der Waals surface area (Å²) in [6, 6.07) is 9.26. The van der Waals surface area contributed by atoms with Gasteiger partial charge in [-0.2, -0.15) is 13.2 Å². The van der Waals surface area contributed by atoms with Gasteiger partial charge in [-0.1, -0.05) is 6.07 Å². The molecule has 0 bridgehead atoms. The van der Waals surface area contributed by atoms with Gasteiger partial charge < -0.3 is 5.32 Å². The molecule has 0 atom stereocenters. The van der Waals surface area contributed by atoms with Gasteiger partial charge in [-0.05, 0) is 50.2 Å². The van der Waals surface area contributed by atoms with E-state index in [4.69, 9.17) is 0 Å². The highest BCUT2D eigenvalue weighted by Gasteiger charge is 2.30. The summed E-state index contributed by atoms with van der Waals surface area (Å²) in [6.45, 7) is 3.68. The summed E-state index contributed by atoms with van der Waals surface area (Å²) in [7, 11) is 0. The number of amides is 1. The molecule has 1 aromatic heterocycles. The third kappa shape index (κ3) is 3.60. The lowest BCUT2D eigenvalue weighted by Crippen LogP contribution is -2.14. The number of carbonyl (C=O) groups excluding carboxylic acids is 1. The van der Waals surface area contributed by atoms with Crippen LogP contribution in [0.5, 0.6) is 0 Å². The minimum Gasteiger partial charge on any atom is -0.322 e. The van der Waals surface area contributed by atoms with Crippen molar-refractivity contribution in [2.24, 2.45) is 0 Å². The molecule has 4 nitrogen and oxygen atoms in total. The molecular formula is C18H14F3N3O. The first-order chi connectivity index (χ1) is 11.7. The summed E-state index contributed by atoms with van der Waals surface area (Å²) >= 11 is 0. The van der Waals surface area contributed by atoms with E-state index in [0.717, 1.165) is 23.5 Å². The molecule has 0 aliphatic carbocycles. The van der Waals surface area contributed by atoms with Gasteiger partial charge in [-0.25, -0.2) is 9.97 Å². The van der Waals surface area contributed by atoms with E-state index in [1.807, 2.05) is 13.8 Å². The van der Waals surface area contributed by atoms with Crippen LogP contribution in [-0.4, -0.2) is 15.9 Å². The summed E-state index contributed by atoms with van der Waals surface area (Å²) in [5.74, 6) is -0.623. The summed E-state index contributed by atoms with van der Waals surface area (Å²) < 4.78 is 38.3. The average Bonchev–Trinajstić information content (AvgIpc) is 2.55. The Morgan fingerprint density at radius 2 is 1.64 bits per heavy atom. The Morgan fingerprint density at radius 3 is 2.32 bits per heavy atom. The minimum atomic E-state index is -4.50. The number of alkyl halides is 3. The quantitative estimate of drug-likeness (QED) is 0.743. The van der Waals surface area contributed by atoms with Gasteiger partial charge in [0, 0.05) is 11.3 Å². The fourth-order valence-corrected chi connectivity index (χ4v) is 2.35. The van der Waals surface area contributed by atoms with Gasteiger partial charge in [0.15, 0.2) is 0 Å². The maximum atomic E-state index is 12.8. The molecule has 3 aromatic rings. The predicted molar refractivity (Wildman–Crippen MR) is 88.4 cm³/mol. The number of anilines is 1. The van der Waals surface area contributed by atoms with Crippen LogP contribution in [0.1, 0.15) is 27.3 Å². The van der Waals surface area contributed by atoms with Crippen molar-refractivity contribution < 1.29 is 18.0 Å². The number of benzene rings is 2. The molecule has 0 aliphatic heterocycles. The van der Waals surface area contributed by atoms with E-state index >= 15 is 0 Å². The van der Waals surface area contributed by atoms with Crippen molar-refractivity contribution in [2.75, 3.05) is 5.32 Å². The van der Waals surface area contributed by atoms with E-state index in [9.17, 15) is 18.0 Å². The van der Waals surface area contributed by atoms with E-state index in [0.29, 0.717) is 16.7 Å². The van der Waals surface area contributed by atoms with Crippen LogP contribution in [-0.2, 0) is 6.18 Å². The Balaban J connectivity index is 1.88. The first-order valence-electron chi connectivity index (χ1n) is 7.47. The van der Waals surface area contributed by atoms with Crippen LogP contribution in [0.25, 0.3) is 11.0 Å². The van der Waals surface area contributed by atoms with Gasteiger partial charge in [-0.15, -0.1) is 0 Å². The lowest BCUT2D eigenvalue weighted by Gasteiger charge is -2.10. The number of fused-ring (bicyclic) bond motifs is 1. The Morgan fingerprint density at radius 1 is 0.960 bits per heavy atom. The van der Waals surface area contributed by atoms with Gasteiger partial charge >= 0.3 is 6.18 Å². The second-order valence-electron chi connectivity index (χ2n) is 5.63. The average molecular weight is 345 g/mol. The molecule has 2 aromatic carbocycles. The highest BCUT2D eigenvalue weighted by Crippen LogP contribution is 2.29. The van der Waals surface area contributed by atoms with Crippen LogP contribution in [0.3, 0.4) is 0 Å². The van der Waals surface area contributed by atoms with Crippen LogP contribution >= 0.6 is 0 Å². The predicted octanol–water partition coefficient (Wildman–Crippen LogP) is 4.52. The second kappa shape index (κ2) is 6.16. The Kier molecular flexibility index (Phi) is 4.16. The Labute approximate surface area is 141 Å². The molecule has 1 amide bonds. The number of aryl methyl sites for hydroxylation is 2. The summed E-state index contributed by atoms with van der Waals surface area (Å²) in [5.41, 5.74) is 2.37. The number of aromatic nitrogens is 2. The van der Waals surface area contributed by atoms with Crippen molar-refractivity contribution in [3.05, 3.63) is 65.0 Å². The molecule has 25 heavy (non-hydrogen) atoms. The SMILES string of the molecule is Cc1nc2ccc(NC(=O)c3cccc(C(F)(F)F)c3)cc2nc1C. The van der Waals surface area contributed by atoms with Crippen molar-refractivity contribution in [3.8, 4) is 0 Å². The van der Waals surface area contributed by atoms with Crippen LogP contribution < -0.4 is 5.32 Å². The maximum Gasteiger partial charge on any atom is 0.416 e. The number of nitrogens with zero attached hydrogens (tertiary/aromatic N) is 2. The fourth-order valence-electron chi connectivity index (χ4n) is 2.35. The van der Waals surface area contributed by atoms with Crippen molar-refractivity contribution in [3.63, 3.8) is 0 Å². The molecule has 3 rings (SSSR count). The molecule has 0 spiro atoms. The van der Waals surface area contributed by atoms with Crippen LogP contribution in [0.15, 0.2) is 42.5 Å². The summed E-state index contributed by atoms with van der Waals surface area (Å²) in [6.07, 6.45) is -4.50. The van der Waals surface area contributed by atoms with E-state index in [-0.39, 0.29) is 5.56 Å². The van der Waals surface area contributed by atoms with Crippen LogP contribution in [0.2, 0.25) is 0 Å². The van der Waals surface area contributed by atoms with Crippen LogP contribution in [0, 0.1) is 13.8 Å². The number of carbonyl (C=O) groups is 1. The van der Waals surface area contributed by atoms with E-state index < -0.39 is 17.6 Å². The third-order valence-corrected chi connectivity index (χ3v) is 3.79. The molecule has 0 saturated carbocycles. The van der Waals surface area contributed by atoms with Crippen molar-refractivity contribution >= 4 is 22.6 Å². The van der Waals surface area contributed by atoms with Gasteiger partial charge in [0.25, 0.3) is 5.91 Å². The molecule has 0 radical (unpaired) electrons. The number of hydrogen-bond donors (Lipinski definition) is 1. The molecule has 0 unspecified atom stereocenters. The number of rotatable bonds is 2. The number of nitrogens with one attached hydrogen (secondary N) is 1. The molecule has 1 heterocycles. The number of hydrogen-bond acceptors (Lipinski definition) is 3. The second-order valence-corrected chi connectivity index (χ2v) is 5.63. The smallest absolute Gasteiger partial charge is 0.322 e. The number of halogens is 3. The Bertz CT molecular complexity index is 967. The lowest BCUT2D eigenvalue weighted by molar-refractivity contribution is -0.137. The van der Waals surface area contributed by atoms with Gasteiger partial charge in [0.1, 0.15) is 0 Å². The van der Waals surface area contributed by atoms with E-state index in [1.54, 1.807) is 18.2 Å². The molecule has 7 heteroatoms. The van der Waals surface area contributed by atoms with Crippen molar-refractivity contribution in [2.45, 2.75) is 20.0 Å².